The van der Waals surface area contributed by atoms with Crippen molar-refractivity contribution in [1.29, 1.82) is 0 Å². The summed E-state index contributed by atoms with van der Waals surface area (Å²) in [4.78, 5) is 11.5. The summed E-state index contributed by atoms with van der Waals surface area (Å²) in [7, 11) is 1.24. The lowest BCUT2D eigenvalue weighted by molar-refractivity contribution is -0.425. The fourth-order valence-electron chi connectivity index (χ4n) is 2.44. The molecule has 7 heteroatoms. The number of hydroxylamine groups is 1. The zero-order valence-electron chi connectivity index (χ0n) is 9.71. The summed E-state index contributed by atoms with van der Waals surface area (Å²) in [5, 5.41) is 11.3. The fourth-order valence-corrected chi connectivity index (χ4v) is 2.44. The Morgan fingerprint density at radius 1 is 1.29 bits per heavy atom. The Morgan fingerprint density at radius 2 is 2.00 bits per heavy atom. The first-order valence-electron chi connectivity index (χ1n) is 5.39. The Morgan fingerprint density at radius 3 is 2.65 bits per heavy atom. The molecular weight excluding hydrogens is 230 g/mol. The summed E-state index contributed by atoms with van der Waals surface area (Å²) in [5.41, 5.74) is -0.0330. The molecule has 0 N–H and O–H groups in total. The molecule has 94 valence electrons. The summed E-state index contributed by atoms with van der Waals surface area (Å²) in [6, 6.07) is 0. The van der Waals surface area contributed by atoms with Gasteiger partial charge in [-0.05, 0) is 13.8 Å². The minimum Gasteiger partial charge on any atom is -0.624 e. The van der Waals surface area contributed by atoms with Crippen molar-refractivity contribution in [3.8, 4) is 0 Å². The zero-order chi connectivity index (χ0) is 12.4. The van der Waals surface area contributed by atoms with Gasteiger partial charge < -0.3 is 24.2 Å². The first-order valence-corrected chi connectivity index (χ1v) is 5.39. The third kappa shape index (κ3) is 1.46. The first kappa shape index (κ1) is 10.9. The molecule has 0 aliphatic carbocycles. The van der Waals surface area contributed by atoms with Gasteiger partial charge in [-0.3, -0.25) is 0 Å². The van der Waals surface area contributed by atoms with Crippen LogP contribution >= 0.6 is 0 Å². The van der Waals surface area contributed by atoms with Crippen molar-refractivity contribution in [2.24, 2.45) is 0 Å². The third-order valence-electron chi connectivity index (χ3n) is 3.05. The molecule has 3 rings (SSSR count). The van der Waals surface area contributed by atoms with Crippen molar-refractivity contribution in [2.45, 2.75) is 44.2 Å². The van der Waals surface area contributed by atoms with E-state index in [4.69, 9.17) is 18.9 Å². The number of fused-ring (bicyclic) bond motifs is 3. The van der Waals surface area contributed by atoms with E-state index in [0.717, 1.165) is 0 Å². The zero-order valence-corrected chi connectivity index (χ0v) is 9.71. The van der Waals surface area contributed by atoms with Crippen LogP contribution in [0.2, 0.25) is 0 Å². The molecule has 0 amide bonds. The van der Waals surface area contributed by atoms with Crippen LogP contribution in [-0.2, 0) is 23.7 Å². The second-order valence-corrected chi connectivity index (χ2v) is 4.78. The van der Waals surface area contributed by atoms with Crippen molar-refractivity contribution >= 4 is 11.7 Å². The van der Waals surface area contributed by atoms with E-state index < -0.39 is 36.4 Å². The number of hydrogen-bond donors (Lipinski definition) is 0. The summed E-state index contributed by atoms with van der Waals surface area (Å²) >= 11 is 0. The standard InChI is InChI=1S/C10H13NO6/c1-10(2)16-7-6-5(15-9(7)17-10)4(11(3)13)8(12)14-6/h5-7,9H,1-3H3/b11-4+/t5-,6+,7-,9-/m1/s1. The van der Waals surface area contributed by atoms with E-state index >= 15 is 0 Å². The van der Waals surface area contributed by atoms with E-state index in [1.807, 2.05) is 0 Å². The van der Waals surface area contributed by atoms with Crippen molar-refractivity contribution in [3.63, 3.8) is 0 Å². The lowest BCUT2D eigenvalue weighted by atomic mass is 10.1. The first-order chi connectivity index (χ1) is 7.89. The number of hydrogen-bond acceptors (Lipinski definition) is 6. The molecule has 0 saturated carbocycles. The average Bonchev–Trinajstić information content (AvgIpc) is 2.71. The molecule has 0 spiro atoms. The van der Waals surface area contributed by atoms with Crippen LogP contribution in [0.25, 0.3) is 0 Å². The molecule has 7 nitrogen and oxygen atoms in total. The molecule has 0 radical (unpaired) electrons. The molecule has 0 aromatic carbocycles. The molecule has 3 aliphatic heterocycles. The largest absolute Gasteiger partial charge is 0.624 e. The number of nitrogens with zero attached hydrogens (tertiary/aromatic N) is 1. The smallest absolute Gasteiger partial charge is 0.403 e. The number of carbonyl (C=O) groups excluding carboxylic acids is 1. The highest BCUT2D eigenvalue weighted by atomic mass is 16.8. The third-order valence-corrected chi connectivity index (χ3v) is 3.05. The van der Waals surface area contributed by atoms with Crippen LogP contribution in [0.15, 0.2) is 0 Å². The van der Waals surface area contributed by atoms with E-state index in [2.05, 4.69) is 0 Å². The van der Waals surface area contributed by atoms with Crippen molar-refractivity contribution in [1.82, 2.24) is 0 Å². The molecule has 3 aliphatic rings. The minimum absolute atomic E-state index is 0.0330. The van der Waals surface area contributed by atoms with Crippen LogP contribution in [0.3, 0.4) is 0 Å². The van der Waals surface area contributed by atoms with Gasteiger partial charge in [0.25, 0.3) is 0 Å². The Balaban J connectivity index is 1.90. The van der Waals surface area contributed by atoms with Gasteiger partial charge in [-0.2, -0.15) is 0 Å². The second kappa shape index (κ2) is 3.18. The number of rotatable bonds is 0. The van der Waals surface area contributed by atoms with E-state index in [1.165, 1.54) is 7.05 Å². The van der Waals surface area contributed by atoms with E-state index in [-0.39, 0.29) is 5.71 Å². The molecule has 0 aromatic heterocycles. The van der Waals surface area contributed by atoms with Gasteiger partial charge in [0.2, 0.25) is 0 Å². The lowest BCUT2D eigenvalue weighted by Crippen LogP contribution is -2.35. The summed E-state index contributed by atoms with van der Waals surface area (Å²) < 4.78 is 22.2. The Labute approximate surface area is 97.5 Å². The Hall–Kier alpha value is -1.18. The second-order valence-electron chi connectivity index (χ2n) is 4.78. The highest BCUT2D eigenvalue weighted by Gasteiger charge is 2.64. The number of carbonyl (C=O) groups is 1. The van der Waals surface area contributed by atoms with E-state index in [0.29, 0.717) is 4.74 Å². The molecular formula is C10H13NO6. The van der Waals surface area contributed by atoms with E-state index in [1.54, 1.807) is 13.8 Å². The van der Waals surface area contributed by atoms with E-state index in [9.17, 15) is 10.0 Å². The van der Waals surface area contributed by atoms with Crippen LogP contribution in [0, 0.1) is 5.21 Å². The molecule has 3 fully saturated rings. The van der Waals surface area contributed by atoms with Gasteiger partial charge >= 0.3 is 11.7 Å². The maximum absolute atomic E-state index is 11.5. The van der Waals surface area contributed by atoms with Gasteiger partial charge in [-0.15, -0.1) is 0 Å². The van der Waals surface area contributed by atoms with Crippen molar-refractivity contribution < 1.29 is 28.5 Å². The van der Waals surface area contributed by atoms with Gasteiger partial charge in [-0.1, -0.05) is 0 Å². The van der Waals surface area contributed by atoms with Crippen molar-refractivity contribution in [2.75, 3.05) is 7.05 Å². The normalized spacial score (nSPS) is 45.5. The highest BCUT2D eigenvalue weighted by molar-refractivity contribution is 6.38. The van der Waals surface area contributed by atoms with Crippen LogP contribution in [-0.4, -0.2) is 53.9 Å². The Bertz CT molecular complexity index is 413. The summed E-state index contributed by atoms with van der Waals surface area (Å²) in [5.74, 6) is -1.41. The fraction of sp³-hybridized carbons (Fsp3) is 0.800. The summed E-state index contributed by atoms with van der Waals surface area (Å²) in [6.45, 7) is 3.51. The minimum atomic E-state index is -0.765. The van der Waals surface area contributed by atoms with Gasteiger partial charge in [0.1, 0.15) is 7.05 Å². The van der Waals surface area contributed by atoms with Gasteiger partial charge in [0.15, 0.2) is 30.4 Å². The molecule has 4 atom stereocenters. The monoisotopic (exact) mass is 243 g/mol. The van der Waals surface area contributed by atoms with Crippen LogP contribution in [0.1, 0.15) is 13.8 Å². The maximum atomic E-state index is 11.5. The van der Waals surface area contributed by atoms with Gasteiger partial charge in [0, 0.05) is 0 Å². The molecule has 3 saturated heterocycles. The average molecular weight is 243 g/mol. The number of esters is 1. The topological polar surface area (TPSA) is 80.1 Å². The van der Waals surface area contributed by atoms with Crippen LogP contribution in [0.4, 0.5) is 0 Å². The van der Waals surface area contributed by atoms with Gasteiger partial charge in [0.05, 0.1) is 0 Å². The molecule has 0 aromatic rings. The molecule has 0 unspecified atom stereocenters. The maximum Gasteiger partial charge on any atom is 0.403 e. The van der Waals surface area contributed by atoms with Crippen molar-refractivity contribution in [3.05, 3.63) is 5.21 Å². The number of ether oxygens (including phenoxy) is 4. The highest BCUT2D eigenvalue weighted by Crippen LogP contribution is 2.41. The van der Waals surface area contributed by atoms with Crippen LogP contribution in [0.5, 0.6) is 0 Å². The Kier molecular flexibility index (Phi) is 2.05. The molecule has 3 heterocycles. The molecule has 0 bridgehead atoms. The quantitative estimate of drug-likeness (QED) is 0.244. The summed E-state index contributed by atoms with van der Waals surface area (Å²) in [6.07, 6.45) is -2.36. The van der Waals surface area contributed by atoms with Crippen LogP contribution < -0.4 is 0 Å². The predicted octanol–water partition coefficient (Wildman–Crippen LogP) is -0.631. The molecule has 17 heavy (non-hydrogen) atoms. The van der Waals surface area contributed by atoms with Gasteiger partial charge in [-0.25, -0.2) is 9.53 Å². The lowest BCUT2D eigenvalue weighted by Gasteiger charge is -2.20. The SMILES string of the molecule is C/[N+]([O-])=C1\C(=O)O[C@@H]2[C@H]3OC(C)(C)O[C@H]3O[C@H]12. The predicted molar refractivity (Wildman–Crippen MR) is 53.1 cm³/mol.